The van der Waals surface area contributed by atoms with Gasteiger partial charge in [-0.15, -0.1) is 0 Å². The lowest BCUT2D eigenvalue weighted by molar-refractivity contribution is 0.217. The van der Waals surface area contributed by atoms with E-state index in [9.17, 15) is 0 Å². The van der Waals surface area contributed by atoms with Gasteiger partial charge in [-0.05, 0) is 54.7 Å². The Morgan fingerprint density at radius 1 is 1.11 bits per heavy atom. The minimum atomic E-state index is 0.189. The van der Waals surface area contributed by atoms with Gasteiger partial charge in [0.05, 0.1) is 0 Å². The van der Waals surface area contributed by atoms with E-state index in [4.69, 9.17) is 0 Å². The van der Waals surface area contributed by atoms with Crippen LogP contribution in [0.3, 0.4) is 0 Å². The highest BCUT2D eigenvalue weighted by molar-refractivity contribution is 5.49. The van der Waals surface area contributed by atoms with Gasteiger partial charge in [-0.1, -0.05) is 64.5 Å². The summed E-state index contributed by atoms with van der Waals surface area (Å²) in [6.07, 6.45) is 5.85. The van der Waals surface area contributed by atoms with Gasteiger partial charge in [0.15, 0.2) is 0 Å². The standard InChI is InChI=1S/C19H30/c1-10-16-12-17(19(8,9)18(16,6)7)15(5)11-14(4)13(2)3/h11-12H,2,10H2,1,3-9H3/b14-11?,17-15+. The molecule has 0 N–H and O–H groups in total. The Bertz CT molecular complexity index is 476. The molecule has 0 aromatic rings. The fourth-order valence-corrected chi connectivity index (χ4v) is 2.95. The molecule has 0 radical (unpaired) electrons. The summed E-state index contributed by atoms with van der Waals surface area (Å²) in [7, 11) is 0. The Hall–Kier alpha value is -1.04. The maximum atomic E-state index is 4.02. The van der Waals surface area contributed by atoms with Gasteiger partial charge in [0.25, 0.3) is 0 Å². The van der Waals surface area contributed by atoms with Gasteiger partial charge in [0, 0.05) is 0 Å². The summed E-state index contributed by atoms with van der Waals surface area (Å²) in [4.78, 5) is 0. The molecule has 106 valence electrons. The number of hydrogen-bond donors (Lipinski definition) is 0. The van der Waals surface area contributed by atoms with Crippen LogP contribution in [0.25, 0.3) is 0 Å². The minimum absolute atomic E-state index is 0.189. The normalized spacial score (nSPS) is 24.2. The minimum Gasteiger partial charge on any atom is -0.0958 e. The molecule has 0 aromatic carbocycles. The van der Waals surface area contributed by atoms with Crippen LogP contribution in [0.2, 0.25) is 0 Å². The largest absolute Gasteiger partial charge is 0.0958 e. The molecular formula is C19H30. The molecular weight excluding hydrogens is 228 g/mol. The smallest absolute Gasteiger partial charge is 0.00126 e. The molecule has 0 spiro atoms. The molecule has 1 aliphatic carbocycles. The maximum absolute atomic E-state index is 4.02. The molecule has 0 nitrogen and oxygen atoms in total. The lowest BCUT2D eigenvalue weighted by Crippen LogP contribution is -2.30. The van der Waals surface area contributed by atoms with Crippen LogP contribution in [0.5, 0.6) is 0 Å². The second kappa shape index (κ2) is 5.15. The molecule has 0 aliphatic heterocycles. The van der Waals surface area contributed by atoms with Gasteiger partial charge in [-0.2, -0.15) is 0 Å². The quantitative estimate of drug-likeness (QED) is 0.526. The van der Waals surface area contributed by atoms with Gasteiger partial charge < -0.3 is 0 Å². The highest BCUT2D eigenvalue weighted by Gasteiger charge is 2.46. The van der Waals surface area contributed by atoms with Gasteiger partial charge in [-0.25, -0.2) is 0 Å². The van der Waals surface area contributed by atoms with Crippen LogP contribution in [0, 0.1) is 10.8 Å². The van der Waals surface area contributed by atoms with Gasteiger partial charge in [0.1, 0.15) is 0 Å². The van der Waals surface area contributed by atoms with Crippen molar-refractivity contribution in [3.8, 4) is 0 Å². The van der Waals surface area contributed by atoms with Crippen molar-refractivity contribution >= 4 is 0 Å². The molecule has 0 aromatic heterocycles. The Balaban J connectivity index is 3.39. The van der Waals surface area contributed by atoms with E-state index >= 15 is 0 Å². The zero-order valence-corrected chi connectivity index (χ0v) is 14.1. The lowest BCUT2D eigenvalue weighted by Gasteiger charge is -2.39. The summed E-state index contributed by atoms with van der Waals surface area (Å²) in [5.41, 5.74) is 7.27. The highest BCUT2D eigenvalue weighted by atomic mass is 14.5. The van der Waals surface area contributed by atoms with Crippen LogP contribution in [-0.2, 0) is 0 Å². The van der Waals surface area contributed by atoms with E-state index in [-0.39, 0.29) is 10.8 Å². The van der Waals surface area contributed by atoms with Crippen molar-refractivity contribution in [2.45, 2.75) is 61.8 Å². The molecule has 19 heavy (non-hydrogen) atoms. The molecule has 0 bridgehead atoms. The Morgan fingerprint density at radius 3 is 2.00 bits per heavy atom. The van der Waals surface area contributed by atoms with Crippen LogP contribution in [0.4, 0.5) is 0 Å². The van der Waals surface area contributed by atoms with Crippen molar-refractivity contribution in [3.63, 3.8) is 0 Å². The zero-order valence-electron chi connectivity index (χ0n) is 14.1. The molecule has 1 aliphatic rings. The summed E-state index contributed by atoms with van der Waals surface area (Å²) in [6, 6.07) is 0. The van der Waals surface area contributed by atoms with Crippen molar-refractivity contribution in [1.29, 1.82) is 0 Å². The van der Waals surface area contributed by atoms with Crippen molar-refractivity contribution in [3.05, 3.63) is 46.6 Å². The van der Waals surface area contributed by atoms with E-state index in [1.54, 1.807) is 5.57 Å². The van der Waals surface area contributed by atoms with Crippen LogP contribution in [0.1, 0.15) is 61.8 Å². The summed E-state index contributed by atoms with van der Waals surface area (Å²) >= 11 is 0. The van der Waals surface area contributed by atoms with Crippen molar-refractivity contribution in [2.24, 2.45) is 10.8 Å². The van der Waals surface area contributed by atoms with Gasteiger partial charge in [0.2, 0.25) is 0 Å². The Morgan fingerprint density at radius 2 is 1.63 bits per heavy atom. The molecule has 0 heterocycles. The first kappa shape index (κ1) is 16.0. The monoisotopic (exact) mass is 258 g/mol. The third kappa shape index (κ3) is 2.63. The highest BCUT2D eigenvalue weighted by Crippen LogP contribution is 2.56. The van der Waals surface area contributed by atoms with Crippen LogP contribution >= 0.6 is 0 Å². The third-order valence-electron chi connectivity index (χ3n) is 5.27. The lowest BCUT2D eigenvalue weighted by atomic mass is 9.65. The molecule has 0 heteroatoms. The van der Waals surface area contributed by atoms with Gasteiger partial charge in [-0.3, -0.25) is 0 Å². The average molecular weight is 258 g/mol. The van der Waals surface area contributed by atoms with E-state index < -0.39 is 0 Å². The van der Waals surface area contributed by atoms with E-state index in [2.05, 4.69) is 74.1 Å². The molecule has 0 atom stereocenters. The molecule has 0 unspecified atom stereocenters. The average Bonchev–Trinajstić information content (AvgIpc) is 2.45. The third-order valence-corrected chi connectivity index (χ3v) is 5.27. The van der Waals surface area contributed by atoms with E-state index in [0.29, 0.717) is 0 Å². The van der Waals surface area contributed by atoms with Crippen LogP contribution in [0.15, 0.2) is 46.6 Å². The second-order valence-electron chi connectivity index (χ2n) is 6.98. The topological polar surface area (TPSA) is 0 Å². The summed E-state index contributed by atoms with van der Waals surface area (Å²) < 4.78 is 0. The van der Waals surface area contributed by atoms with Crippen LogP contribution < -0.4 is 0 Å². The van der Waals surface area contributed by atoms with Crippen LogP contribution in [-0.4, -0.2) is 0 Å². The summed E-state index contributed by atoms with van der Waals surface area (Å²) in [5, 5.41) is 0. The molecule has 0 saturated heterocycles. The Labute approximate surface area is 120 Å². The fourth-order valence-electron chi connectivity index (χ4n) is 2.95. The summed E-state index contributed by atoms with van der Waals surface area (Å²) in [5.74, 6) is 0. The SMILES string of the molecule is C=C(C)C(C)=C/C(C)=C1\C=C(CC)C(C)(C)C1(C)C. The summed E-state index contributed by atoms with van der Waals surface area (Å²) in [6.45, 7) is 22.2. The van der Waals surface area contributed by atoms with E-state index in [1.807, 2.05) is 0 Å². The van der Waals surface area contributed by atoms with Crippen molar-refractivity contribution < 1.29 is 0 Å². The Kier molecular flexibility index (Phi) is 4.34. The van der Waals surface area contributed by atoms with Gasteiger partial charge >= 0.3 is 0 Å². The van der Waals surface area contributed by atoms with Crippen molar-refractivity contribution in [2.75, 3.05) is 0 Å². The first-order valence-electron chi connectivity index (χ1n) is 7.32. The second-order valence-corrected chi connectivity index (χ2v) is 6.98. The zero-order chi connectivity index (χ0) is 15.0. The predicted molar refractivity (Wildman–Crippen MR) is 87.2 cm³/mol. The number of allylic oxidation sites excluding steroid dienone is 7. The predicted octanol–water partition coefficient (Wildman–Crippen LogP) is 6.23. The molecule has 1 rings (SSSR count). The maximum Gasteiger partial charge on any atom is -0.00126 e. The van der Waals surface area contributed by atoms with E-state index in [1.165, 1.54) is 16.7 Å². The van der Waals surface area contributed by atoms with E-state index in [0.717, 1.165) is 12.0 Å². The molecule has 0 saturated carbocycles. The first-order valence-corrected chi connectivity index (χ1v) is 7.32. The number of rotatable bonds is 3. The molecule has 0 amide bonds. The van der Waals surface area contributed by atoms with Crippen molar-refractivity contribution in [1.82, 2.24) is 0 Å². The number of hydrogen-bond acceptors (Lipinski definition) is 0. The molecule has 0 fully saturated rings. The fraction of sp³-hybridized carbons (Fsp3) is 0.579. The first-order chi connectivity index (χ1) is 8.55.